The van der Waals surface area contributed by atoms with E-state index < -0.39 is 0 Å². The van der Waals surface area contributed by atoms with E-state index in [2.05, 4.69) is 31.6 Å². The fourth-order valence-electron chi connectivity index (χ4n) is 2.42. The van der Waals surface area contributed by atoms with Crippen molar-refractivity contribution in [2.45, 2.75) is 32.4 Å². The van der Waals surface area contributed by atoms with Gasteiger partial charge in [0, 0.05) is 28.9 Å². The number of aryl methyl sites for hydroxylation is 2. The molecular weight excluding hydrogens is 338 g/mol. The standard InChI is InChI=1S/C18H21N3OS2/c1-11-6-7-14(20-24-18(2,3)4)19-15(11)13-10-21(5)17(22)16-12(13)8-9-23-16/h6-10H,1-5H3,(H,19,20). The predicted octanol–water partition coefficient (Wildman–Crippen LogP) is 4.83. The van der Waals surface area contributed by atoms with Crippen LogP contribution in [0.25, 0.3) is 21.3 Å². The summed E-state index contributed by atoms with van der Waals surface area (Å²) in [6, 6.07) is 6.06. The van der Waals surface area contributed by atoms with Gasteiger partial charge in [-0.1, -0.05) is 6.07 Å². The minimum Gasteiger partial charge on any atom is -0.317 e. The Hall–Kier alpha value is -1.79. The van der Waals surface area contributed by atoms with Crippen molar-refractivity contribution in [2.24, 2.45) is 7.05 Å². The van der Waals surface area contributed by atoms with Crippen LogP contribution in [-0.2, 0) is 7.05 Å². The minimum absolute atomic E-state index is 0.0407. The van der Waals surface area contributed by atoms with Crippen LogP contribution < -0.4 is 10.3 Å². The molecule has 3 aromatic rings. The third-order valence-electron chi connectivity index (χ3n) is 3.61. The fraction of sp³-hybridized carbons (Fsp3) is 0.333. The normalized spacial score (nSPS) is 11.9. The van der Waals surface area contributed by atoms with E-state index in [1.54, 1.807) is 23.6 Å². The monoisotopic (exact) mass is 359 g/mol. The molecule has 1 N–H and O–H groups in total. The number of anilines is 1. The van der Waals surface area contributed by atoms with E-state index in [9.17, 15) is 4.79 Å². The summed E-state index contributed by atoms with van der Waals surface area (Å²) in [5.41, 5.74) is 3.04. The first-order chi connectivity index (χ1) is 11.3. The molecule has 0 aliphatic rings. The van der Waals surface area contributed by atoms with Gasteiger partial charge in [0.2, 0.25) is 0 Å². The van der Waals surface area contributed by atoms with E-state index in [0.29, 0.717) is 0 Å². The second-order valence-electron chi connectivity index (χ2n) is 6.80. The SMILES string of the molecule is Cc1ccc(NSC(C)(C)C)nc1-c1cn(C)c(=O)c2sccc12. The Morgan fingerprint density at radius 2 is 2.00 bits per heavy atom. The van der Waals surface area contributed by atoms with Gasteiger partial charge in [-0.15, -0.1) is 11.3 Å². The molecule has 0 unspecified atom stereocenters. The van der Waals surface area contributed by atoms with Gasteiger partial charge in [0.25, 0.3) is 5.56 Å². The molecule has 0 saturated heterocycles. The number of thiophene rings is 1. The summed E-state index contributed by atoms with van der Waals surface area (Å²) >= 11 is 3.12. The molecule has 0 bridgehead atoms. The van der Waals surface area contributed by atoms with E-state index >= 15 is 0 Å². The molecule has 0 saturated carbocycles. The van der Waals surface area contributed by atoms with E-state index in [-0.39, 0.29) is 10.3 Å². The molecule has 126 valence electrons. The molecule has 3 heterocycles. The lowest BCUT2D eigenvalue weighted by atomic mass is 10.1. The third-order valence-corrected chi connectivity index (χ3v) is 5.43. The second-order valence-corrected chi connectivity index (χ2v) is 9.35. The van der Waals surface area contributed by atoms with Crippen molar-refractivity contribution in [3.8, 4) is 11.3 Å². The number of aromatic nitrogens is 2. The number of pyridine rings is 2. The van der Waals surface area contributed by atoms with E-state index in [0.717, 1.165) is 32.7 Å². The molecule has 0 aliphatic heterocycles. The quantitative estimate of drug-likeness (QED) is 0.681. The van der Waals surface area contributed by atoms with Crippen molar-refractivity contribution in [1.29, 1.82) is 0 Å². The average molecular weight is 360 g/mol. The predicted molar refractivity (Wildman–Crippen MR) is 106 cm³/mol. The number of rotatable bonds is 3. The van der Waals surface area contributed by atoms with Gasteiger partial charge in [0.1, 0.15) is 10.5 Å². The molecule has 0 radical (unpaired) electrons. The highest BCUT2D eigenvalue weighted by Crippen LogP contribution is 2.32. The number of hydrogen-bond acceptors (Lipinski definition) is 5. The van der Waals surface area contributed by atoms with Crippen molar-refractivity contribution in [1.82, 2.24) is 9.55 Å². The van der Waals surface area contributed by atoms with Crippen LogP contribution >= 0.6 is 23.3 Å². The molecule has 4 nitrogen and oxygen atoms in total. The van der Waals surface area contributed by atoms with Gasteiger partial charge in [0.05, 0.1) is 5.69 Å². The first-order valence-electron chi connectivity index (χ1n) is 7.75. The highest BCUT2D eigenvalue weighted by molar-refractivity contribution is 8.01. The van der Waals surface area contributed by atoms with Gasteiger partial charge >= 0.3 is 0 Å². The highest BCUT2D eigenvalue weighted by atomic mass is 32.2. The zero-order valence-electron chi connectivity index (χ0n) is 14.5. The van der Waals surface area contributed by atoms with Gasteiger partial charge < -0.3 is 9.29 Å². The molecule has 0 fully saturated rings. The van der Waals surface area contributed by atoms with Crippen molar-refractivity contribution < 1.29 is 0 Å². The topological polar surface area (TPSA) is 46.9 Å². The molecule has 0 aromatic carbocycles. The highest BCUT2D eigenvalue weighted by Gasteiger charge is 2.15. The van der Waals surface area contributed by atoms with Crippen LogP contribution in [0.3, 0.4) is 0 Å². The lowest BCUT2D eigenvalue weighted by Gasteiger charge is -2.18. The van der Waals surface area contributed by atoms with Crippen LogP contribution in [-0.4, -0.2) is 14.3 Å². The first kappa shape index (κ1) is 17.0. The molecule has 6 heteroatoms. The van der Waals surface area contributed by atoms with E-state index in [1.165, 1.54) is 11.3 Å². The summed E-state index contributed by atoms with van der Waals surface area (Å²) in [7, 11) is 1.79. The summed E-state index contributed by atoms with van der Waals surface area (Å²) in [5.74, 6) is 0.827. The summed E-state index contributed by atoms with van der Waals surface area (Å²) in [4.78, 5) is 17.1. The van der Waals surface area contributed by atoms with E-state index in [4.69, 9.17) is 4.98 Å². The van der Waals surface area contributed by atoms with Crippen LogP contribution in [0.5, 0.6) is 0 Å². The van der Waals surface area contributed by atoms with Crippen molar-refractivity contribution in [3.05, 3.63) is 45.7 Å². The molecular formula is C18H21N3OS2. The Kier molecular flexibility index (Phi) is 4.44. The van der Waals surface area contributed by atoms with Gasteiger partial charge in [0.15, 0.2) is 0 Å². The Morgan fingerprint density at radius 3 is 2.71 bits per heavy atom. The first-order valence-corrected chi connectivity index (χ1v) is 9.45. The van der Waals surface area contributed by atoms with Crippen molar-refractivity contribution >= 4 is 39.2 Å². The maximum absolute atomic E-state index is 12.3. The molecule has 3 aromatic heterocycles. The minimum atomic E-state index is 0.0407. The lowest BCUT2D eigenvalue weighted by molar-refractivity contribution is 0.805. The second kappa shape index (κ2) is 6.26. The Bertz CT molecular complexity index is 951. The number of nitrogens with one attached hydrogen (secondary N) is 1. The van der Waals surface area contributed by atoms with Crippen LogP contribution in [0.15, 0.2) is 34.6 Å². The number of fused-ring (bicyclic) bond motifs is 1. The number of hydrogen-bond donors (Lipinski definition) is 1. The van der Waals surface area contributed by atoms with Crippen LogP contribution in [0.4, 0.5) is 5.82 Å². The molecule has 0 spiro atoms. The average Bonchev–Trinajstić information content (AvgIpc) is 2.99. The Labute approximate surface area is 150 Å². The Balaban J connectivity index is 2.11. The molecule has 0 atom stereocenters. The molecule has 24 heavy (non-hydrogen) atoms. The summed E-state index contributed by atoms with van der Waals surface area (Å²) < 4.78 is 5.85. The lowest BCUT2D eigenvalue weighted by Crippen LogP contribution is -2.15. The molecule has 0 aliphatic carbocycles. The summed E-state index contributed by atoms with van der Waals surface area (Å²) in [5, 5.41) is 2.93. The maximum Gasteiger partial charge on any atom is 0.268 e. The maximum atomic E-state index is 12.3. The van der Waals surface area contributed by atoms with Gasteiger partial charge in [-0.25, -0.2) is 4.98 Å². The zero-order chi connectivity index (χ0) is 17.5. The van der Waals surface area contributed by atoms with Crippen LogP contribution in [0, 0.1) is 6.92 Å². The van der Waals surface area contributed by atoms with Gasteiger partial charge in [-0.3, -0.25) is 4.79 Å². The van der Waals surface area contributed by atoms with Gasteiger partial charge in [-0.2, -0.15) is 0 Å². The Morgan fingerprint density at radius 1 is 1.25 bits per heavy atom. The largest absolute Gasteiger partial charge is 0.317 e. The summed E-state index contributed by atoms with van der Waals surface area (Å²) in [6.45, 7) is 8.51. The smallest absolute Gasteiger partial charge is 0.268 e. The van der Waals surface area contributed by atoms with Crippen LogP contribution in [0.2, 0.25) is 0 Å². The third kappa shape index (κ3) is 3.35. The van der Waals surface area contributed by atoms with Crippen molar-refractivity contribution in [3.63, 3.8) is 0 Å². The fourth-order valence-corrected chi connectivity index (χ4v) is 3.84. The number of nitrogens with zero attached hydrogens (tertiary/aromatic N) is 2. The zero-order valence-corrected chi connectivity index (χ0v) is 16.1. The van der Waals surface area contributed by atoms with Crippen molar-refractivity contribution in [2.75, 3.05) is 4.72 Å². The van der Waals surface area contributed by atoms with Gasteiger partial charge in [-0.05, 0) is 62.7 Å². The molecule has 3 rings (SSSR count). The summed E-state index contributed by atoms with van der Waals surface area (Å²) in [6.07, 6.45) is 1.88. The van der Waals surface area contributed by atoms with E-state index in [1.807, 2.05) is 30.6 Å². The molecule has 0 amide bonds. The van der Waals surface area contributed by atoms with Crippen LogP contribution in [0.1, 0.15) is 26.3 Å².